The number of halogens is 3. The molecule has 1 aromatic carbocycles. The van der Waals surface area contributed by atoms with E-state index in [1.54, 1.807) is 21.9 Å². The van der Waals surface area contributed by atoms with Crippen molar-refractivity contribution in [2.75, 3.05) is 26.2 Å². The van der Waals surface area contributed by atoms with Gasteiger partial charge in [-0.15, -0.1) is 13.2 Å². The fourth-order valence-electron chi connectivity index (χ4n) is 4.25. The lowest BCUT2D eigenvalue weighted by molar-refractivity contribution is -0.274. The zero-order valence-electron chi connectivity index (χ0n) is 17.9. The lowest BCUT2D eigenvalue weighted by Crippen LogP contribution is -2.67. The molecular weight excluding hydrogens is 431 g/mol. The number of aryl methyl sites for hydroxylation is 1. The van der Waals surface area contributed by atoms with E-state index in [4.69, 9.17) is 9.47 Å². The SMILES string of the molecule is Cc1ccc(COC2CN(C(=O)N3CC[C@@H]4OCC(=O)N[C@@H]4C3)C2C)cc1OC(F)(F)F. The molecule has 3 heterocycles. The molecule has 0 radical (unpaired) electrons. The van der Waals surface area contributed by atoms with Gasteiger partial charge in [-0.1, -0.05) is 12.1 Å². The van der Waals surface area contributed by atoms with Gasteiger partial charge in [-0.05, 0) is 37.5 Å². The summed E-state index contributed by atoms with van der Waals surface area (Å²) in [5.74, 6) is -0.425. The van der Waals surface area contributed by atoms with E-state index in [1.807, 2.05) is 6.92 Å². The van der Waals surface area contributed by atoms with Crippen LogP contribution >= 0.6 is 0 Å². The molecule has 8 nitrogen and oxygen atoms in total. The van der Waals surface area contributed by atoms with Crippen LogP contribution in [0.2, 0.25) is 0 Å². The Morgan fingerprint density at radius 2 is 2.09 bits per heavy atom. The van der Waals surface area contributed by atoms with Gasteiger partial charge in [-0.25, -0.2) is 4.79 Å². The van der Waals surface area contributed by atoms with Crippen molar-refractivity contribution in [2.24, 2.45) is 0 Å². The number of carbonyl (C=O) groups is 2. The van der Waals surface area contributed by atoms with Gasteiger partial charge in [0.2, 0.25) is 5.91 Å². The quantitative estimate of drug-likeness (QED) is 0.750. The average Bonchev–Trinajstić information content (AvgIpc) is 2.73. The van der Waals surface area contributed by atoms with Crippen molar-refractivity contribution in [1.82, 2.24) is 15.1 Å². The summed E-state index contributed by atoms with van der Waals surface area (Å²) in [5.41, 5.74) is 0.935. The highest BCUT2D eigenvalue weighted by Crippen LogP contribution is 2.29. The number of alkyl halides is 3. The fourth-order valence-corrected chi connectivity index (χ4v) is 4.25. The van der Waals surface area contributed by atoms with Gasteiger partial charge in [0.05, 0.1) is 37.4 Å². The lowest BCUT2D eigenvalue weighted by atomic mass is 9.99. The predicted molar refractivity (Wildman–Crippen MR) is 106 cm³/mol. The highest BCUT2D eigenvalue weighted by Gasteiger charge is 2.44. The van der Waals surface area contributed by atoms with Crippen molar-refractivity contribution in [3.8, 4) is 5.75 Å². The highest BCUT2D eigenvalue weighted by molar-refractivity contribution is 5.79. The first-order valence-corrected chi connectivity index (χ1v) is 10.5. The van der Waals surface area contributed by atoms with Crippen molar-refractivity contribution in [3.63, 3.8) is 0 Å². The zero-order chi connectivity index (χ0) is 23.0. The molecular formula is C21H26F3N3O5. The second kappa shape index (κ2) is 8.78. The number of nitrogens with zero attached hydrogens (tertiary/aromatic N) is 2. The van der Waals surface area contributed by atoms with Crippen LogP contribution in [-0.2, 0) is 20.9 Å². The summed E-state index contributed by atoms with van der Waals surface area (Å²) in [5, 5.41) is 2.88. The highest BCUT2D eigenvalue weighted by atomic mass is 19.4. The number of amides is 3. The smallest absolute Gasteiger partial charge is 0.406 e. The van der Waals surface area contributed by atoms with E-state index in [0.29, 0.717) is 37.2 Å². The molecule has 3 amide bonds. The van der Waals surface area contributed by atoms with Gasteiger partial charge in [0.15, 0.2) is 0 Å². The van der Waals surface area contributed by atoms with Gasteiger partial charge in [0.1, 0.15) is 12.4 Å². The summed E-state index contributed by atoms with van der Waals surface area (Å²) in [7, 11) is 0. The normalized spacial score (nSPS) is 28.0. The standard InChI is InChI=1S/C21H26F3N3O5/c1-12-3-4-14(7-17(12)32-21(22,23)24)10-30-18-9-27(13(18)2)20(29)26-6-5-16-15(8-26)25-19(28)11-31-16/h3-4,7,13,15-16,18H,5-6,8-11H2,1-2H3,(H,25,28)/t13?,15-,16+,18?/m1/s1. The van der Waals surface area contributed by atoms with Crippen LogP contribution < -0.4 is 10.1 Å². The van der Waals surface area contributed by atoms with E-state index in [0.717, 1.165) is 0 Å². The molecule has 1 N–H and O–H groups in total. The molecule has 4 rings (SSSR count). The maximum absolute atomic E-state index is 12.9. The van der Waals surface area contributed by atoms with Crippen LogP contribution in [0.1, 0.15) is 24.5 Å². The Kier molecular flexibility index (Phi) is 6.22. The average molecular weight is 457 g/mol. The summed E-state index contributed by atoms with van der Waals surface area (Å²) >= 11 is 0. The summed E-state index contributed by atoms with van der Waals surface area (Å²) in [6.07, 6.45) is -4.38. The molecule has 32 heavy (non-hydrogen) atoms. The van der Waals surface area contributed by atoms with E-state index in [-0.39, 0.29) is 55.2 Å². The Labute approximate surface area is 183 Å². The minimum atomic E-state index is -4.76. The number of carbonyl (C=O) groups excluding carboxylic acids is 2. The zero-order valence-corrected chi connectivity index (χ0v) is 17.9. The Balaban J connectivity index is 1.28. The molecule has 3 aliphatic heterocycles. The number of hydrogen-bond donors (Lipinski definition) is 1. The number of ether oxygens (including phenoxy) is 3. The number of benzene rings is 1. The van der Waals surface area contributed by atoms with Gasteiger partial charge in [-0.2, -0.15) is 0 Å². The van der Waals surface area contributed by atoms with Crippen molar-refractivity contribution < 1.29 is 37.0 Å². The molecule has 3 saturated heterocycles. The number of nitrogens with one attached hydrogen (secondary N) is 1. The third-order valence-electron chi connectivity index (χ3n) is 6.19. The van der Waals surface area contributed by atoms with Crippen molar-refractivity contribution in [2.45, 2.75) is 57.5 Å². The van der Waals surface area contributed by atoms with Gasteiger partial charge >= 0.3 is 12.4 Å². The summed E-state index contributed by atoms with van der Waals surface area (Å²) in [6.45, 7) is 4.93. The van der Waals surface area contributed by atoms with E-state index >= 15 is 0 Å². The number of likely N-dealkylation sites (tertiary alicyclic amines) is 2. The van der Waals surface area contributed by atoms with Crippen LogP contribution in [0.4, 0.5) is 18.0 Å². The second-order valence-electron chi connectivity index (χ2n) is 8.43. The number of fused-ring (bicyclic) bond motifs is 1. The number of rotatable bonds is 4. The number of morpholine rings is 1. The lowest BCUT2D eigenvalue weighted by Gasteiger charge is -2.49. The van der Waals surface area contributed by atoms with E-state index in [9.17, 15) is 22.8 Å². The molecule has 1 aromatic rings. The van der Waals surface area contributed by atoms with E-state index < -0.39 is 6.36 Å². The largest absolute Gasteiger partial charge is 0.573 e. The maximum Gasteiger partial charge on any atom is 0.573 e. The fraction of sp³-hybridized carbons (Fsp3) is 0.619. The number of hydrogen-bond acceptors (Lipinski definition) is 5. The first kappa shape index (κ1) is 22.7. The summed E-state index contributed by atoms with van der Waals surface area (Å²) in [6, 6.07) is 4.07. The number of urea groups is 1. The van der Waals surface area contributed by atoms with Crippen molar-refractivity contribution in [1.29, 1.82) is 0 Å². The molecule has 4 atom stereocenters. The molecule has 11 heteroatoms. The Hall–Kier alpha value is -2.53. The summed E-state index contributed by atoms with van der Waals surface area (Å²) < 4.78 is 53.0. The molecule has 0 aromatic heterocycles. The predicted octanol–water partition coefficient (Wildman–Crippen LogP) is 2.19. The molecule has 2 unspecified atom stereocenters. The van der Waals surface area contributed by atoms with Crippen LogP contribution in [0.5, 0.6) is 5.75 Å². The van der Waals surface area contributed by atoms with Crippen LogP contribution in [0.3, 0.4) is 0 Å². The van der Waals surface area contributed by atoms with Crippen LogP contribution in [0, 0.1) is 6.92 Å². The third-order valence-corrected chi connectivity index (χ3v) is 6.19. The van der Waals surface area contributed by atoms with Crippen LogP contribution in [0.25, 0.3) is 0 Å². The molecule has 3 fully saturated rings. The summed E-state index contributed by atoms with van der Waals surface area (Å²) in [4.78, 5) is 27.9. The minimum absolute atomic E-state index is 0.0576. The van der Waals surface area contributed by atoms with Gasteiger partial charge in [-0.3, -0.25) is 4.79 Å². The molecule has 176 valence electrons. The Morgan fingerprint density at radius 1 is 1.31 bits per heavy atom. The number of piperidine rings is 1. The van der Waals surface area contributed by atoms with Gasteiger partial charge in [0.25, 0.3) is 0 Å². The first-order valence-electron chi connectivity index (χ1n) is 10.5. The van der Waals surface area contributed by atoms with E-state index in [1.165, 1.54) is 13.0 Å². The molecule has 0 saturated carbocycles. The minimum Gasteiger partial charge on any atom is -0.406 e. The van der Waals surface area contributed by atoms with Crippen LogP contribution in [-0.4, -0.2) is 78.6 Å². The van der Waals surface area contributed by atoms with Gasteiger partial charge in [0, 0.05) is 13.1 Å². The Morgan fingerprint density at radius 3 is 2.81 bits per heavy atom. The molecule has 0 spiro atoms. The molecule has 0 aliphatic carbocycles. The van der Waals surface area contributed by atoms with Gasteiger partial charge < -0.3 is 29.3 Å². The maximum atomic E-state index is 12.9. The van der Waals surface area contributed by atoms with Crippen molar-refractivity contribution >= 4 is 11.9 Å². The molecule has 0 bridgehead atoms. The molecule has 3 aliphatic rings. The topological polar surface area (TPSA) is 80.3 Å². The van der Waals surface area contributed by atoms with Crippen LogP contribution in [0.15, 0.2) is 18.2 Å². The van der Waals surface area contributed by atoms with E-state index in [2.05, 4.69) is 10.1 Å². The second-order valence-corrected chi connectivity index (χ2v) is 8.43. The Bertz CT molecular complexity index is 881. The first-order chi connectivity index (χ1) is 15.1. The third kappa shape index (κ3) is 4.93. The monoisotopic (exact) mass is 457 g/mol. The van der Waals surface area contributed by atoms with Crippen molar-refractivity contribution in [3.05, 3.63) is 29.3 Å².